The number of ether oxygens (including phenoxy) is 2. The lowest BCUT2D eigenvalue weighted by molar-refractivity contribution is -0.386. The van der Waals surface area contributed by atoms with Crippen molar-refractivity contribution in [1.29, 1.82) is 0 Å². The molecule has 0 bridgehead atoms. The molecule has 118 valence electrons. The van der Waals surface area contributed by atoms with E-state index >= 15 is 0 Å². The maximum Gasteiger partial charge on any atom is 0.328 e. The van der Waals surface area contributed by atoms with E-state index in [1.807, 2.05) is 0 Å². The van der Waals surface area contributed by atoms with Crippen LogP contribution >= 0.6 is 11.6 Å². The molecule has 0 amide bonds. The van der Waals surface area contributed by atoms with Crippen LogP contribution in [0.15, 0.2) is 30.9 Å². The number of carbonyl (C=O) groups excluding carboxylic acids is 2. The van der Waals surface area contributed by atoms with Crippen LogP contribution in [0.5, 0.6) is 0 Å². The number of rotatable bonds is 6. The largest absolute Gasteiger partial charge is 0.468 e. The Morgan fingerprint density at radius 1 is 1.36 bits per heavy atom. The number of nitrogens with zero attached hydrogens (tertiary/aromatic N) is 1. The van der Waals surface area contributed by atoms with Crippen molar-refractivity contribution in [2.24, 2.45) is 0 Å². The third kappa shape index (κ3) is 2.80. The van der Waals surface area contributed by atoms with E-state index in [-0.39, 0.29) is 17.0 Å². The second kappa shape index (κ2) is 7.04. The number of nitro benzene ring substituents is 1. The van der Waals surface area contributed by atoms with Gasteiger partial charge in [0.25, 0.3) is 5.69 Å². The number of benzene rings is 1. The summed E-state index contributed by atoms with van der Waals surface area (Å²) in [4.78, 5) is 35.1. The predicted octanol–water partition coefficient (Wildman–Crippen LogP) is 2.41. The van der Waals surface area contributed by atoms with Gasteiger partial charge in [0.1, 0.15) is 0 Å². The first-order chi connectivity index (χ1) is 10.4. The Morgan fingerprint density at radius 3 is 2.32 bits per heavy atom. The molecule has 0 saturated heterocycles. The molecule has 22 heavy (non-hydrogen) atoms. The number of esters is 2. The highest BCUT2D eigenvalue weighted by Gasteiger charge is 2.54. The summed E-state index contributed by atoms with van der Waals surface area (Å²) in [6, 6.07) is 3.83. The molecule has 1 aromatic carbocycles. The molecule has 0 unspecified atom stereocenters. The Morgan fingerprint density at radius 2 is 1.91 bits per heavy atom. The standard InChI is InChI=1S/C14H14ClNO6/c1-4-8-14(12(17)21-2,13(18)22-3)11-9(15)6-5-7-10(11)16(19)20/h4-7H,1,8H2,2-3H3. The Bertz CT molecular complexity index is 612. The highest BCUT2D eigenvalue weighted by atomic mass is 35.5. The van der Waals surface area contributed by atoms with Crippen molar-refractivity contribution in [3.63, 3.8) is 0 Å². The van der Waals surface area contributed by atoms with Gasteiger partial charge in [-0.2, -0.15) is 0 Å². The minimum atomic E-state index is -2.09. The number of hydrogen-bond acceptors (Lipinski definition) is 6. The normalized spacial score (nSPS) is 10.7. The summed E-state index contributed by atoms with van der Waals surface area (Å²) in [6.45, 7) is 3.48. The average molecular weight is 328 g/mol. The Hall–Kier alpha value is -2.41. The van der Waals surface area contributed by atoms with Gasteiger partial charge in [-0.25, -0.2) is 0 Å². The first-order valence-corrected chi connectivity index (χ1v) is 6.45. The molecule has 7 nitrogen and oxygen atoms in total. The summed E-state index contributed by atoms with van der Waals surface area (Å²) in [5, 5.41) is 11.1. The second-order valence-corrected chi connectivity index (χ2v) is 4.68. The third-order valence-electron chi connectivity index (χ3n) is 3.13. The Balaban J connectivity index is 3.86. The summed E-state index contributed by atoms with van der Waals surface area (Å²) in [6.07, 6.45) is 0.998. The Labute approximate surface area is 131 Å². The van der Waals surface area contributed by atoms with Crippen molar-refractivity contribution < 1.29 is 24.0 Å². The van der Waals surface area contributed by atoms with Crippen molar-refractivity contribution in [1.82, 2.24) is 0 Å². The molecular formula is C14H14ClNO6. The molecular weight excluding hydrogens is 314 g/mol. The molecule has 0 N–H and O–H groups in total. The summed E-state index contributed by atoms with van der Waals surface area (Å²) in [5.41, 5.74) is -2.85. The number of methoxy groups -OCH3 is 2. The van der Waals surface area contributed by atoms with Crippen LogP contribution in [0.2, 0.25) is 5.02 Å². The van der Waals surface area contributed by atoms with Gasteiger partial charge in [-0.1, -0.05) is 23.7 Å². The van der Waals surface area contributed by atoms with E-state index in [1.165, 1.54) is 18.2 Å². The van der Waals surface area contributed by atoms with Gasteiger partial charge in [0.05, 0.1) is 29.7 Å². The van der Waals surface area contributed by atoms with Gasteiger partial charge >= 0.3 is 11.9 Å². The minimum Gasteiger partial charge on any atom is -0.468 e. The topological polar surface area (TPSA) is 95.7 Å². The van der Waals surface area contributed by atoms with Gasteiger partial charge < -0.3 is 9.47 Å². The molecule has 1 rings (SSSR count). The quantitative estimate of drug-likeness (QED) is 0.262. The molecule has 0 heterocycles. The molecule has 0 aliphatic heterocycles. The van der Waals surface area contributed by atoms with Crippen LogP contribution in [-0.2, 0) is 24.5 Å². The number of nitro groups is 1. The fourth-order valence-corrected chi connectivity index (χ4v) is 2.54. The van der Waals surface area contributed by atoms with Crippen LogP contribution in [0.1, 0.15) is 12.0 Å². The first kappa shape index (κ1) is 17.6. The van der Waals surface area contributed by atoms with E-state index in [1.54, 1.807) is 0 Å². The fraction of sp³-hybridized carbons (Fsp3) is 0.286. The van der Waals surface area contributed by atoms with Crippen LogP contribution in [0, 0.1) is 10.1 Å². The van der Waals surface area contributed by atoms with Crippen LogP contribution in [0.4, 0.5) is 5.69 Å². The maximum absolute atomic E-state index is 12.3. The smallest absolute Gasteiger partial charge is 0.328 e. The Kier molecular flexibility index (Phi) is 5.64. The monoisotopic (exact) mass is 327 g/mol. The van der Waals surface area contributed by atoms with E-state index < -0.39 is 28.0 Å². The zero-order chi connectivity index (χ0) is 16.9. The van der Waals surface area contributed by atoms with Gasteiger partial charge in [0.2, 0.25) is 5.41 Å². The summed E-state index contributed by atoms with van der Waals surface area (Å²) in [5.74, 6) is -2.04. The van der Waals surface area contributed by atoms with Gasteiger partial charge in [0.15, 0.2) is 0 Å². The molecule has 0 aliphatic carbocycles. The van der Waals surface area contributed by atoms with Gasteiger partial charge in [-0.05, 0) is 12.5 Å². The highest BCUT2D eigenvalue weighted by Crippen LogP contribution is 2.41. The first-order valence-electron chi connectivity index (χ1n) is 6.07. The van der Waals surface area contributed by atoms with Crippen LogP contribution < -0.4 is 0 Å². The van der Waals surface area contributed by atoms with Crippen molar-refractivity contribution in [2.75, 3.05) is 14.2 Å². The molecule has 0 saturated carbocycles. The molecule has 0 atom stereocenters. The van der Waals surface area contributed by atoms with Gasteiger partial charge in [-0.3, -0.25) is 19.7 Å². The van der Waals surface area contributed by atoms with Crippen molar-refractivity contribution in [3.05, 3.63) is 51.6 Å². The van der Waals surface area contributed by atoms with Gasteiger partial charge in [0, 0.05) is 6.07 Å². The molecule has 1 aromatic rings. The van der Waals surface area contributed by atoms with E-state index in [0.717, 1.165) is 20.3 Å². The number of halogens is 1. The van der Waals surface area contributed by atoms with Crippen LogP contribution in [0.25, 0.3) is 0 Å². The third-order valence-corrected chi connectivity index (χ3v) is 3.45. The molecule has 0 fully saturated rings. The lowest BCUT2D eigenvalue weighted by Gasteiger charge is -2.27. The SMILES string of the molecule is C=CCC(C(=O)OC)(C(=O)OC)c1c(Cl)cccc1[N+](=O)[O-]. The lowest BCUT2D eigenvalue weighted by atomic mass is 9.76. The number of hydrogen-bond donors (Lipinski definition) is 0. The van der Waals surface area contributed by atoms with Gasteiger partial charge in [-0.15, -0.1) is 6.58 Å². The summed E-state index contributed by atoms with van der Waals surface area (Å²) >= 11 is 6.04. The minimum absolute atomic E-state index is 0.119. The van der Waals surface area contributed by atoms with E-state index in [0.29, 0.717) is 0 Å². The second-order valence-electron chi connectivity index (χ2n) is 4.27. The molecule has 0 aliphatic rings. The molecule has 0 aromatic heterocycles. The summed E-state index contributed by atoms with van der Waals surface area (Å²) in [7, 11) is 2.12. The van der Waals surface area contributed by atoms with Crippen LogP contribution in [-0.4, -0.2) is 31.1 Å². The van der Waals surface area contributed by atoms with Crippen molar-refractivity contribution in [3.8, 4) is 0 Å². The lowest BCUT2D eigenvalue weighted by Crippen LogP contribution is -2.45. The summed E-state index contributed by atoms with van der Waals surface area (Å²) < 4.78 is 9.33. The van der Waals surface area contributed by atoms with E-state index in [2.05, 4.69) is 16.1 Å². The van der Waals surface area contributed by atoms with E-state index in [9.17, 15) is 19.7 Å². The number of carbonyl (C=O) groups is 2. The fourth-order valence-electron chi connectivity index (χ4n) is 2.21. The maximum atomic E-state index is 12.3. The zero-order valence-corrected chi connectivity index (χ0v) is 12.8. The molecule has 8 heteroatoms. The molecule has 0 spiro atoms. The van der Waals surface area contributed by atoms with E-state index in [4.69, 9.17) is 11.6 Å². The number of allylic oxidation sites excluding steroid dienone is 1. The predicted molar refractivity (Wildman–Crippen MR) is 78.6 cm³/mol. The zero-order valence-electron chi connectivity index (χ0n) is 12.0. The highest BCUT2D eigenvalue weighted by molar-refractivity contribution is 6.32. The van der Waals surface area contributed by atoms with Crippen molar-refractivity contribution in [2.45, 2.75) is 11.8 Å². The van der Waals surface area contributed by atoms with Crippen molar-refractivity contribution >= 4 is 29.2 Å². The average Bonchev–Trinajstić information content (AvgIpc) is 2.51. The molecule has 0 radical (unpaired) electrons. The van der Waals surface area contributed by atoms with Crippen LogP contribution in [0.3, 0.4) is 0 Å².